The van der Waals surface area contributed by atoms with E-state index < -0.39 is 11.7 Å². The molecule has 6 heteroatoms. The highest BCUT2D eigenvalue weighted by atomic mass is 16.6. The van der Waals surface area contributed by atoms with Crippen molar-refractivity contribution in [1.82, 2.24) is 9.78 Å². The van der Waals surface area contributed by atoms with Gasteiger partial charge in [-0.3, -0.25) is 19.9 Å². The molecule has 2 aromatic rings. The van der Waals surface area contributed by atoms with Crippen LogP contribution in [0.2, 0.25) is 0 Å². The molecule has 1 heterocycles. The maximum atomic E-state index is 11.9. The molecule has 1 amide bonds. The summed E-state index contributed by atoms with van der Waals surface area (Å²) in [6.07, 6.45) is 0.136. The van der Waals surface area contributed by atoms with E-state index in [1.165, 1.54) is 10.7 Å². The zero-order chi connectivity index (χ0) is 16.2. The second kappa shape index (κ2) is 6.51. The molecule has 0 aliphatic carbocycles. The van der Waals surface area contributed by atoms with E-state index >= 15 is 0 Å². The Bertz CT molecular complexity index is 681. The van der Waals surface area contributed by atoms with Crippen LogP contribution in [-0.2, 0) is 17.7 Å². The van der Waals surface area contributed by atoms with Crippen molar-refractivity contribution in [3.05, 3.63) is 52.3 Å². The maximum absolute atomic E-state index is 11.9. The van der Waals surface area contributed by atoms with Crippen LogP contribution in [0.1, 0.15) is 26.3 Å². The van der Waals surface area contributed by atoms with Crippen molar-refractivity contribution in [3.8, 4) is 0 Å². The first-order valence-corrected chi connectivity index (χ1v) is 7.17. The van der Waals surface area contributed by atoms with Gasteiger partial charge in [-0.15, -0.1) is 0 Å². The van der Waals surface area contributed by atoms with E-state index in [-0.39, 0.29) is 5.56 Å². The van der Waals surface area contributed by atoms with E-state index in [9.17, 15) is 9.59 Å². The lowest BCUT2D eigenvalue weighted by molar-refractivity contribution is 0.0635. The minimum absolute atomic E-state index is 0.193. The van der Waals surface area contributed by atoms with Crippen LogP contribution in [0.15, 0.2) is 41.2 Å². The summed E-state index contributed by atoms with van der Waals surface area (Å²) in [7, 11) is 0. The number of aromatic amines is 1. The van der Waals surface area contributed by atoms with Crippen LogP contribution in [0, 0.1) is 0 Å². The van der Waals surface area contributed by atoms with Crippen LogP contribution < -0.4 is 10.9 Å². The molecule has 0 atom stereocenters. The van der Waals surface area contributed by atoms with E-state index in [1.54, 1.807) is 20.8 Å². The van der Waals surface area contributed by atoms with Gasteiger partial charge < -0.3 is 4.74 Å². The van der Waals surface area contributed by atoms with E-state index in [0.717, 1.165) is 12.0 Å². The van der Waals surface area contributed by atoms with Gasteiger partial charge >= 0.3 is 6.09 Å². The number of rotatable bonds is 4. The average molecular weight is 303 g/mol. The summed E-state index contributed by atoms with van der Waals surface area (Å²) >= 11 is 0. The molecular formula is C16H21N3O3. The molecule has 0 saturated carbocycles. The number of carbonyl (C=O) groups is 1. The molecule has 2 N–H and O–H groups in total. The molecule has 0 fully saturated rings. The van der Waals surface area contributed by atoms with E-state index in [0.29, 0.717) is 12.4 Å². The molecule has 0 saturated heterocycles. The summed E-state index contributed by atoms with van der Waals surface area (Å²) in [5, 5.41) is 5.38. The van der Waals surface area contributed by atoms with Crippen LogP contribution in [0.3, 0.4) is 0 Å². The molecule has 0 unspecified atom stereocenters. The number of nitrogens with zero attached hydrogens (tertiary/aromatic N) is 1. The predicted molar refractivity (Wildman–Crippen MR) is 85.1 cm³/mol. The molecule has 0 aliphatic rings. The highest BCUT2D eigenvalue weighted by Gasteiger charge is 2.17. The third-order valence-corrected chi connectivity index (χ3v) is 2.89. The maximum Gasteiger partial charge on any atom is 0.413 e. The lowest BCUT2D eigenvalue weighted by Gasteiger charge is -2.19. The number of hydrogen-bond donors (Lipinski definition) is 2. The van der Waals surface area contributed by atoms with Gasteiger partial charge in [0.2, 0.25) is 0 Å². The van der Waals surface area contributed by atoms with Gasteiger partial charge in [0.25, 0.3) is 5.56 Å². The number of ether oxygens (including phenoxy) is 1. The first kappa shape index (κ1) is 15.9. The molecule has 22 heavy (non-hydrogen) atoms. The summed E-state index contributed by atoms with van der Waals surface area (Å²) in [6, 6.07) is 11.2. The second-order valence-corrected chi connectivity index (χ2v) is 6.02. The van der Waals surface area contributed by atoms with Crippen LogP contribution in [0.4, 0.5) is 10.6 Å². The first-order valence-electron chi connectivity index (χ1n) is 7.17. The Morgan fingerprint density at radius 1 is 1.27 bits per heavy atom. The van der Waals surface area contributed by atoms with Gasteiger partial charge in [0.1, 0.15) is 11.4 Å². The summed E-state index contributed by atoms with van der Waals surface area (Å²) in [6.45, 7) is 5.85. The van der Waals surface area contributed by atoms with Gasteiger partial charge in [-0.05, 0) is 32.8 Å². The van der Waals surface area contributed by atoms with Crippen molar-refractivity contribution < 1.29 is 9.53 Å². The van der Waals surface area contributed by atoms with Crippen molar-refractivity contribution in [3.63, 3.8) is 0 Å². The minimum Gasteiger partial charge on any atom is -0.444 e. The number of benzene rings is 1. The number of carbonyl (C=O) groups excluding carboxylic acids is 1. The van der Waals surface area contributed by atoms with Crippen molar-refractivity contribution in [2.45, 2.75) is 39.3 Å². The third kappa shape index (κ3) is 4.80. The summed E-state index contributed by atoms with van der Waals surface area (Å²) < 4.78 is 6.60. The standard InChI is InChI=1S/C16H21N3O3/c1-16(2,3)22-15(21)17-13-11-14(20)19(18-13)10-9-12-7-5-4-6-8-12/h4-8,11,18H,9-10H2,1-3H3,(H,17,21). The molecule has 0 spiro atoms. The average Bonchev–Trinajstić information content (AvgIpc) is 2.75. The lowest BCUT2D eigenvalue weighted by atomic mass is 10.1. The minimum atomic E-state index is -0.594. The number of aryl methyl sites for hydroxylation is 2. The summed E-state index contributed by atoms with van der Waals surface area (Å²) in [5.74, 6) is 0.326. The van der Waals surface area contributed by atoms with Gasteiger partial charge in [0.15, 0.2) is 0 Å². The van der Waals surface area contributed by atoms with Crippen molar-refractivity contribution in [1.29, 1.82) is 0 Å². The highest BCUT2D eigenvalue weighted by Crippen LogP contribution is 2.09. The van der Waals surface area contributed by atoms with E-state index in [4.69, 9.17) is 4.74 Å². The Balaban J connectivity index is 1.96. The molecule has 118 valence electrons. The molecule has 1 aromatic carbocycles. The fraction of sp³-hybridized carbons (Fsp3) is 0.375. The molecule has 0 radical (unpaired) electrons. The Kier molecular flexibility index (Phi) is 4.70. The van der Waals surface area contributed by atoms with Gasteiger partial charge in [-0.25, -0.2) is 4.79 Å². The predicted octanol–water partition coefficient (Wildman–Crippen LogP) is 2.77. The van der Waals surface area contributed by atoms with Gasteiger partial charge in [-0.2, -0.15) is 0 Å². The second-order valence-electron chi connectivity index (χ2n) is 6.02. The summed E-state index contributed by atoms with van der Waals surface area (Å²) in [4.78, 5) is 23.5. The topological polar surface area (TPSA) is 76.1 Å². The molecular weight excluding hydrogens is 282 g/mol. The van der Waals surface area contributed by atoms with Crippen molar-refractivity contribution in [2.24, 2.45) is 0 Å². The number of nitrogens with one attached hydrogen (secondary N) is 2. The smallest absolute Gasteiger partial charge is 0.413 e. The largest absolute Gasteiger partial charge is 0.444 e. The molecule has 1 aromatic heterocycles. The fourth-order valence-corrected chi connectivity index (χ4v) is 1.96. The number of aromatic nitrogens is 2. The number of hydrogen-bond acceptors (Lipinski definition) is 3. The molecule has 0 aliphatic heterocycles. The van der Waals surface area contributed by atoms with Gasteiger partial charge in [-0.1, -0.05) is 30.3 Å². The first-order chi connectivity index (χ1) is 10.3. The van der Waals surface area contributed by atoms with Crippen LogP contribution in [0.25, 0.3) is 0 Å². The third-order valence-electron chi connectivity index (χ3n) is 2.89. The lowest BCUT2D eigenvalue weighted by Crippen LogP contribution is -2.27. The van der Waals surface area contributed by atoms with Crippen molar-refractivity contribution in [2.75, 3.05) is 5.32 Å². The number of anilines is 1. The molecule has 2 rings (SSSR count). The molecule has 6 nitrogen and oxygen atoms in total. The van der Waals surface area contributed by atoms with E-state index in [2.05, 4.69) is 10.4 Å². The monoisotopic (exact) mass is 303 g/mol. The summed E-state index contributed by atoms with van der Waals surface area (Å²) in [5.41, 5.74) is 0.368. The fourth-order valence-electron chi connectivity index (χ4n) is 1.96. The normalized spacial score (nSPS) is 11.2. The number of H-pyrrole nitrogens is 1. The highest BCUT2D eigenvalue weighted by molar-refractivity contribution is 5.83. The van der Waals surface area contributed by atoms with E-state index in [1.807, 2.05) is 30.3 Å². The van der Waals surface area contributed by atoms with Crippen LogP contribution in [-0.4, -0.2) is 21.5 Å². The Morgan fingerprint density at radius 3 is 2.59 bits per heavy atom. The van der Waals surface area contributed by atoms with Crippen LogP contribution >= 0.6 is 0 Å². The van der Waals surface area contributed by atoms with Gasteiger partial charge in [0.05, 0.1) is 0 Å². The Morgan fingerprint density at radius 2 is 1.95 bits per heavy atom. The SMILES string of the molecule is CC(C)(C)OC(=O)Nc1cc(=O)n(CCc2ccccc2)[nH]1. The zero-order valence-corrected chi connectivity index (χ0v) is 13.1. The van der Waals surface area contributed by atoms with Gasteiger partial charge in [0, 0.05) is 12.6 Å². The Labute approximate surface area is 129 Å². The number of amides is 1. The Hall–Kier alpha value is -2.50. The van der Waals surface area contributed by atoms with Crippen molar-refractivity contribution >= 4 is 11.9 Å². The zero-order valence-electron chi connectivity index (χ0n) is 13.1. The quantitative estimate of drug-likeness (QED) is 0.912. The van der Waals surface area contributed by atoms with Crippen LogP contribution in [0.5, 0.6) is 0 Å². The molecule has 0 bridgehead atoms.